The Balaban J connectivity index is 2.05. The maximum Gasteiger partial charge on any atom is 0.430 e. The van der Waals surface area contributed by atoms with Crippen molar-refractivity contribution in [3.63, 3.8) is 0 Å². The van der Waals surface area contributed by atoms with Crippen LogP contribution in [-0.2, 0) is 11.8 Å². The lowest BCUT2D eigenvalue weighted by Gasteiger charge is -2.32. The van der Waals surface area contributed by atoms with Crippen LogP contribution in [0.3, 0.4) is 0 Å². The average molecular weight is 464 g/mol. The second-order valence-electron chi connectivity index (χ2n) is 6.90. The van der Waals surface area contributed by atoms with Crippen molar-refractivity contribution in [2.45, 2.75) is 24.1 Å². The summed E-state index contributed by atoms with van der Waals surface area (Å²) in [5, 5.41) is 9.50. The van der Waals surface area contributed by atoms with Gasteiger partial charge in [-0.3, -0.25) is 0 Å². The Morgan fingerprint density at radius 1 is 0.469 bits per heavy atom. The third-order valence-corrected chi connectivity index (χ3v) is 4.88. The molecule has 0 heterocycles. The molecule has 0 atom stereocenters. The largest absolute Gasteiger partial charge is 0.430 e. The van der Waals surface area contributed by atoms with Crippen molar-refractivity contribution in [3.8, 4) is 22.3 Å². The number of benzene rings is 3. The van der Waals surface area contributed by atoms with Crippen molar-refractivity contribution in [3.05, 3.63) is 83.9 Å². The Morgan fingerprint density at radius 3 is 1.12 bits per heavy atom. The van der Waals surface area contributed by atoms with Crippen LogP contribution in [0.25, 0.3) is 22.3 Å². The number of aliphatic hydroxyl groups is 1. The third-order valence-electron chi connectivity index (χ3n) is 4.88. The molecule has 170 valence electrons. The highest BCUT2D eigenvalue weighted by molar-refractivity contribution is 5.83. The topological polar surface area (TPSA) is 20.2 Å². The van der Waals surface area contributed by atoms with Crippen molar-refractivity contribution < 1.29 is 44.6 Å². The van der Waals surface area contributed by atoms with Crippen LogP contribution in [0.2, 0.25) is 0 Å². The van der Waals surface area contributed by atoms with E-state index in [1.165, 1.54) is 18.2 Å². The van der Waals surface area contributed by atoms with Crippen LogP contribution >= 0.6 is 0 Å². The molecule has 0 unspecified atom stereocenters. The fraction of sp³-hybridized carbons (Fsp3) is 0.182. The molecule has 3 aromatic carbocycles. The van der Waals surface area contributed by atoms with E-state index in [0.717, 1.165) is 24.3 Å². The molecule has 3 rings (SSSR count). The van der Waals surface area contributed by atoms with E-state index in [0.29, 0.717) is 28.8 Å². The zero-order valence-corrected chi connectivity index (χ0v) is 15.8. The standard InChI is InChI=1S/C22H13F9O/c23-20(24,25)16-11-7-14(8-12-16)18-4-2-1-3-17(18)13-5-9-15(10-6-13)19(32,21(26,27)28)22(29,30)31/h1-12,32H. The minimum Gasteiger partial charge on any atom is -0.369 e. The van der Waals surface area contributed by atoms with Gasteiger partial charge in [0.15, 0.2) is 0 Å². The molecule has 0 saturated carbocycles. The molecule has 1 nitrogen and oxygen atoms in total. The van der Waals surface area contributed by atoms with E-state index in [2.05, 4.69) is 0 Å². The molecule has 0 aliphatic rings. The fourth-order valence-corrected chi connectivity index (χ4v) is 3.20. The first-order valence-electron chi connectivity index (χ1n) is 8.89. The van der Waals surface area contributed by atoms with Gasteiger partial charge >= 0.3 is 18.5 Å². The summed E-state index contributed by atoms with van der Waals surface area (Å²) in [6.45, 7) is 0. The van der Waals surface area contributed by atoms with Crippen LogP contribution in [0, 0.1) is 0 Å². The Hall–Kier alpha value is -3.01. The molecule has 1 N–H and O–H groups in total. The lowest BCUT2D eigenvalue weighted by atomic mass is 9.89. The molecule has 0 bridgehead atoms. The summed E-state index contributed by atoms with van der Waals surface area (Å²) in [5.74, 6) is 0. The molecule has 0 aliphatic heterocycles. The highest BCUT2D eigenvalue weighted by atomic mass is 19.4. The van der Waals surface area contributed by atoms with Crippen molar-refractivity contribution in [2.75, 3.05) is 0 Å². The van der Waals surface area contributed by atoms with E-state index in [4.69, 9.17) is 0 Å². The molecule has 0 amide bonds. The highest BCUT2D eigenvalue weighted by Crippen LogP contribution is 2.50. The van der Waals surface area contributed by atoms with Gasteiger partial charge in [-0.05, 0) is 34.4 Å². The van der Waals surface area contributed by atoms with Crippen LogP contribution in [0.4, 0.5) is 39.5 Å². The normalized spacial score (nSPS) is 13.3. The molecule has 0 radical (unpaired) electrons. The summed E-state index contributed by atoms with van der Waals surface area (Å²) in [6, 6.07) is 13.3. The van der Waals surface area contributed by atoms with Gasteiger partial charge in [0.25, 0.3) is 5.60 Å². The van der Waals surface area contributed by atoms with Gasteiger partial charge in [-0.15, -0.1) is 0 Å². The molecular formula is C22H13F9O. The van der Waals surface area contributed by atoms with E-state index in [1.54, 1.807) is 18.2 Å². The Labute approximate surface area is 175 Å². The molecule has 3 aromatic rings. The zero-order valence-electron chi connectivity index (χ0n) is 15.8. The summed E-state index contributed by atoms with van der Waals surface area (Å²) in [5.41, 5.74) is -5.99. The van der Waals surface area contributed by atoms with Gasteiger partial charge in [-0.1, -0.05) is 60.7 Å². The lowest BCUT2D eigenvalue weighted by molar-refractivity contribution is -0.376. The first-order chi connectivity index (χ1) is 14.7. The smallest absolute Gasteiger partial charge is 0.369 e. The Morgan fingerprint density at radius 2 is 0.812 bits per heavy atom. The van der Waals surface area contributed by atoms with Gasteiger partial charge in [-0.25, -0.2) is 0 Å². The number of hydrogen-bond donors (Lipinski definition) is 1. The third kappa shape index (κ3) is 4.19. The summed E-state index contributed by atoms with van der Waals surface area (Å²) in [4.78, 5) is 0. The summed E-state index contributed by atoms with van der Waals surface area (Å²) in [7, 11) is 0. The molecule has 0 aromatic heterocycles. The zero-order chi connectivity index (χ0) is 23.9. The predicted molar refractivity (Wildman–Crippen MR) is 98.3 cm³/mol. The van der Waals surface area contributed by atoms with E-state index in [9.17, 15) is 44.6 Å². The van der Waals surface area contributed by atoms with E-state index in [-0.39, 0.29) is 5.56 Å². The van der Waals surface area contributed by atoms with Crippen LogP contribution < -0.4 is 0 Å². The van der Waals surface area contributed by atoms with Crippen molar-refractivity contribution in [1.82, 2.24) is 0 Å². The quantitative estimate of drug-likeness (QED) is 0.402. The van der Waals surface area contributed by atoms with Gasteiger partial charge in [0, 0.05) is 5.56 Å². The van der Waals surface area contributed by atoms with Crippen LogP contribution in [-0.4, -0.2) is 17.5 Å². The second kappa shape index (κ2) is 7.84. The number of rotatable bonds is 3. The number of hydrogen-bond acceptors (Lipinski definition) is 1. The molecule has 32 heavy (non-hydrogen) atoms. The average Bonchev–Trinajstić information content (AvgIpc) is 2.71. The first-order valence-corrected chi connectivity index (χ1v) is 8.89. The van der Waals surface area contributed by atoms with Gasteiger partial charge in [0.05, 0.1) is 5.56 Å². The fourth-order valence-electron chi connectivity index (χ4n) is 3.20. The maximum atomic E-state index is 13.1. The molecule has 0 aliphatic carbocycles. The van der Waals surface area contributed by atoms with E-state index >= 15 is 0 Å². The summed E-state index contributed by atoms with van der Waals surface area (Å²) < 4.78 is 117. The maximum absolute atomic E-state index is 13.1. The Bertz CT molecular complexity index is 1060. The Kier molecular flexibility index (Phi) is 5.80. The highest BCUT2D eigenvalue weighted by Gasteiger charge is 2.71. The van der Waals surface area contributed by atoms with E-state index < -0.39 is 35.3 Å². The second-order valence-corrected chi connectivity index (χ2v) is 6.90. The van der Waals surface area contributed by atoms with Crippen LogP contribution in [0.1, 0.15) is 11.1 Å². The molecule has 10 heteroatoms. The molecule has 0 fully saturated rings. The van der Waals surface area contributed by atoms with Gasteiger partial charge in [0.1, 0.15) is 0 Å². The number of halogens is 9. The number of alkyl halides is 9. The van der Waals surface area contributed by atoms with Gasteiger partial charge < -0.3 is 5.11 Å². The van der Waals surface area contributed by atoms with Crippen molar-refractivity contribution in [2.24, 2.45) is 0 Å². The summed E-state index contributed by atoms with van der Waals surface area (Å²) in [6.07, 6.45) is -16.6. The van der Waals surface area contributed by atoms with E-state index in [1.807, 2.05) is 0 Å². The minimum absolute atomic E-state index is 0.205. The molecule has 0 spiro atoms. The SMILES string of the molecule is OC(c1ccc(-c2ccccc2-c2ccc(C(F)(F)F)cc2)cc1)(C(F)(F)F)C(F)(F)F. The molecular weight excluding hydrogens is 451 g/mol. The predicted octanol–water partition coefficient (Wildman–Crippen LogP) is 7.35. The van der Waals surface area contributed by atoms with Crippen molar-refractivity contribution in [1.29, 1.82) is 0 Å². The first kappa shape index (κ1) is 23.6. The van der Waals surface area contributed by atoms with Crippen molar-refractivity contribution >= 4 is 0 Å². The van der Waals surface area contributed by atoms with Gasteiger partial charge in [-0.2, -0.15) is 39.5 Å². The lowest BCUT2D eigenvalue weighted by Crippen LogP contribution is -2.53. The molecule has 0 saturated heterocycles. The van der Waals surface area contributed by atoms with Crippen LogP contribution in [0.5, 0.6) is 0 Å². The summed E-state index contributed by atoms with van der Waals surface area (Å²) >= 11 is 0. The van der Waals surface area contributed by atoms with Gasteiger partial charge in [0.2, 0.25) is 0 Å². The van der Waals surface area contributed by atoms with Crippen LogP contribution in [0.15, 0.2) is 72.8 Å². The monoisotopic (exact) mass is 464 g/mol. The minimum atomic E-state index is -6.01.